The van der Waals surface area contributed by atoms with Crippen molar-refractivity contribution in [2.75, 3.05) is 19.6 Å². The van der Waals surface area contributed by atoms with Crippen molar-refractivity contribution in [1.82, 2.24) is 10.2 Å². The SMILES string of the molecule is CC(=CCl)CN1CC(C)(C)NCCC1C. The van der Waals surface area contributed by atoms with Crippen LogP contribution in [0.4, 0.5) is 0 Å². The smallest absolute Gasteiger partial charge is 0.0252 e. The molecule has 0 aliphatic carbocycles. The van der Waals surface area contributed by atoms with Crippen molar-refractivity contribution in [2.45, 2.75) is 45.7 Å². The lowest BCUT2D eigenvalue weighted by Crippen LogP contribution is -2.47. The fourth-order valence-electron chi connectivity index (χ4n) is 2.09. The van der Waals surface area contributed by atoms with E-state index in [1.54, 1.807) is 5.54 Å². The molecule has 1 atom stereocenters. The fourth-order valence-corrected chi connectivity index (χ4v) is 2.16. The van der Waals surface area contributed by atoms with Gasteiger partial charge in [0.15, 0.2) is 0 Å². The molecule has 88 valence electrons. The molecule has 0 radical (unpaired) electrons. The first-order chi connectivity index (χ1) is 6.94. The van der Waals surface area contributed by atoms with Crippen LogP contribution in [0.3, 0.4) is 0 Å². The fraction of sp³-hybridized carbons (Fsp3) is 0.833. The molecule has 0 aromatic heterocycles. The Bertz CT molecular complexity index is 236. The highest BCUT2D eigenvalue weighted by Gasteiger charge is 2.27. The van der Waals surface area contributed by atoms with Gasteiger partial charge in [0.25, 0.3) is 0 Å². The summed E-state index contributed by atoms with van der Waals surface area (Å²) in [7, 11) is 0. The first kappa shape index (κ1) is 13.0. The first-order valence-corrected chi connectivity index (χ1v) is 6.13. The topological polar surface area (TPSA) is 15.3 Å². The molecule has 1 N–H and O–H groups in total. The minimum Gasteiger partial charge on any atom is -0.310 e. The van der Waals surface area contributed by atoms with Gasteiger partial charge >= 0.3 is 0 Å². The van der Waals surface area contributed by atoms with E-state index >= 15 is 0 Å². The van der Waals surface area contributed by atoms with Crippen molar-refractivity contribution in [3.05, 3.63) is 11.1 Å². The molecule has 1 heterocycles. The average Bonchev–Trinajstić information content (AvgIpc) is 2.26. The molecule has 0 saturated carbocycles. The van der Waals surface area contributed by atoms with Crippen LogP contribution in [0, 0.1) is 0 Å². The number of nitrogens with one attached hydrogen (secondary N) is 1. The molecule has 0 spiro atoms. The van der Waals surface area contributed by atoms with Crippen molar-refractivity contribution in [1.29, 1.82) is 0 Å². The van der Waals surface area contributed by atoms with Crippen LogP contribution in [0.15, 0.2) is 11.1 Å². The van der Waals surface area contributed by atoms with Gasteiger partial charge in [0.05, 0.1) is 0 Å². The molecule has 2 nitrogen and oxygen atoms in total. The Kier molecular flexibility index (Phi) is 4.63. The van der Waals surface area contributed by atoms with Gasteiger partial charge < -0.3 is 5.32 Å². The van der Waals surface area contributed by atoms with E-state index in [0.717, 1.165) is 19.6 Å². The summed E-state index contributed by atoms with van der Waals surface area (Å²) in [5.74, 6) is 0. The van der Waals surface area contributed by atoms with Gasteiger partial charge in [0, 0.05) is 30.2 Å². The largest absolute Gasteiger partial charge is 0.310 e. The first-order valence-electron chi connectivity index (χ1n) is 5.69. The number of hydrogen-bond donors (Lipinski definition) is 1. The highest BCUT2D eigenvalue weighted by molar-refractivity contribution is 6.25. The van der Waals surface area contributed by atoms with Gasteiger partial charge in [-0.1, -0.05) is 11.6 Å². The van der Waals surface area contributed by atoms with Gasteiger partial charge in [-0.25, -0.2) is 0 Å². The van der Waals surface area contributed by atoms with Crippen LogP contribution < -0.4 is 5.32 Å². The molecule has 0 aromatic rings. The third-order valence-corrected chi connectivity index (χ3v) is 3.40. The Morgan fingerprint density at radius 1 is 1.60 bits per heavy atom. The highest BCUT2D eigenvalue weighted by Crippen LogP contribution is 2.17. The average molecular weight is 231 g/mol. The summed E-state index contributed by atoms with van der Waals surface area (Å²) in [5.41, 5.74) is 3.14. The number of rotatable bonds is 2. The summed E-state index contributed by atoms with van der Waals surface area (Å²) in [5, 5.41) is 3.58. The van der Waals surface area contributed by atoms with Gasteiger partial charge in [0.2, 0.25) is 0 Å². The molecule has 0 amide bonds. The Balaban J connectivity index is 2.66. The molecule has 1 aliphatic heterocycles. The molecular weight excluding hydrogens is 208 g/mol. The number of nitrogens with zero attached hydrogens (tertiary/aromatic N) is 1. The van der Waals surface area contributed by atoms with E-state index in [4.69, 9.17) is 11.6 Å². The van der Waals surface area contributed by atoms with E-state index < -0.39 is 0 Å². The molecular formula is C12H23ClN2. The van der Waals surface area contributed by atoms with Crippen LogP contribution in [-0.2, 0) is 0 Å². The van der Waals surface area contributed by atoms with Crippen LogP contribution in [0.1, 0.15) is 34.1 Å². The van der Waals surface area contributed by atoms with Crippen LogP contribution in [0.25, 0.3) is 0 Å². The van der Waals surface area contributed by atoms with Crippen LogP contribution in [0.5, 0.6) is 0 Å². The van der Waals surface area contributed by atoms with Crippen molar-refractivity contribution in [2.24, 2.45) is 0 Å². The Hall–Kier alpha value is -0.0500. The van der Waals surface area contributed by atoms with E-state index in [9.17, 15) is 0 Å². The van der Waals surface area contributed by atoms with Crippen LogP contribution in [0.2, 0.25) is 0 Å². The summed E-state index contributed by atoms with van der Waals surface area (Å²) < 4.78 is 0. The Morgan fingerprint density at radius 2 is 2.27 bits per heavy atom. The quantitative estimate of drug-likeness (QED) is 0.785. The zero-order chi connectivity index (χ0) is 11.5. The lowest BCUT2D eigenvalue weighted by molar-refractivity contribution is 0.196. The predicted molar refractivity (Wildman–Crippen MR) is 67.3 cm³/mol. The third-order valence-electron chi connectivity index (χ3n) is 3.03. The van der Waals surface area contributed by atoms with Crippen LogP contribution >= 0.6 is 11.6 Å². The third kappa shape index (κ3) is 4.13. The second-order valence-corrected chi connectivity index (χ2v) is 5.53. The molecule has 0 bridgehead atoms. The normalized spacial score (nSPS) is 28.9. The minimum atomic E-state index is 0.206. The number of halogens is 1. The van der Waals surface area contributed by atoms with E-state index in [-0.39, 0.29) is 5.54 Å². The van der Waals surface area contributed by atoms with Gasteiger partial charge in [-0.2, -0.15) is 0 Å². The molecule has 3 heteroatoms. The van der Waals surface area contributed by atoms with E-state index in [1.165, 1.54) is 12.0 Å². The lowest BCUT2D eigenvalue weighted by atomic mass is 10.1. The second-order valence-electron chi connectivity index (χ2n) is 5.31. The highest BCUT2D eigenvalue weighted by atomic mass is 35.5. The van der Waals surface area contributed by atoms with E-state index in [1.807, 2.05) is 0 Å². The number of hydrogen-bond acceptors (Lipinski definition) is 2. The summed E-state index contributed by atoms with van der Waals surface area (Å²) in [6.07, 6.45) is 1.21. The van der Waals surface area contributed by atoms with E-state index in [2.05, 4.69) is 37.9 Å². The summed E-state index contributed by atoms with van der Waals surface area (Å²) >= 11 is 5.73. The Morgan fingerprint density at radius 3 is 2.87 bits per heavy atom. The zero-order valence-electron chi connectivity index (χ0n) is 10.3. The van der Waals surface area contributed by atoms with Crippen molar-refractivity contribution in [3.63, 3.8) is 0 Å². The maximum Gasteiger partial charge on any atom is 0.0252 e. The summed E-state index contributed by atoms with van der Waals surface area (Å²) in [4.78, 5) is 2.51. The molecule has 1 rings (SSSR count). The van der Waals surface area contributed by atoms with Crippen LogP contribution in [-0.4, -0.2) is 36.1 Å². The maximum atomic E-state index is 5.73. The minimum absolute atomic E-state index is 0.206. The molecule has 1 unspecified atom stereocenters. The van der Waals surface area contributed by atoms with Crippen molar-refractivity contribution >= 4 is 11.6 Å². The summed E-state index contributed by atoms with van der Waals surface area (Å²) in [6, 6.07) is 0.630. The molecule has 1 fully saturated rings. The van der Waals surface area contributed by atoms with Gasteiger partial charge in [0.1, 0.15) is 0 Å². The molecule has 15 heavy (non-hydrogen) atoms. The standard InChI is InChI=1S/C12H23ClN2/c1-10(7-13)8-15-9-12(3,4)14-6-5-11(15)2/h7,11,14H,5-6,8-9H2,1-4H3. The molecule has 1 saturated heterocycles. The van der Waals surface area contributed by atoms with Crippen molar-refractivity contribution < 1.29 is 0 Å². The van der Waals surface area contributed by atoms with Gasteiger partial charge in [-0.3, -0.25) is 4.90 Å². The predicted octanol–water partition coefficient (Wildman–Crippen LogP) is 2.59. The second kappa shape index (κ2) is 5.33. The van der Waals surface area contributed by atoms with E-state index in [0.29, 0.717) is 6.04 Å². The lowest BCUT2D eigenvalue weighted by Gasteiger charge is -2.33. The van der Waals surface area contributed by atoms with Gasteiger partial charge in [-0.15, -0.1) is 0 Å². The molecule has 1 aliphatic rings. The van der Waals surface area contributed by atoms with Gasteiger partial charge in [-0.05, 0) is 46.2 Å². The monoisotopic (exact) mass is 230 g/mol. The molecule has 0 aromatic carbocycles. The maximum absolute atomic E-state index is 5.73. The zero-order valence-corrected chi connectivity index (χ0v) is 11.1. The Labute approximate surface area is 98.7 Å². The van der Waals surface area contributed by atoms with Crippen molar-refractivity contribution in [3.8, 4) is 0 Å². The summed E-state index contributed by atoms with van der Waals surface area (Å²) in [6.45, 7) is 12.1.